The van der Waals surface area contributed by atoms with Gasteiger partial charge in [0.1, 0.15) is 18.2 Å². The van der Waals surface area contributed by atoms with Crippen LogP contribution in [0.2, 0.25) is 0 Å². The highest BCUT2D eigenvalue weighted by molar-refractivity contribution is 5.97. The van der Waals surface area contributed by atoms with Crippen molar-refractivity contribution in [3.05, 3.63) is 57.0 Å². The number of carbonyl (C=O) groups is 2. The maximum absolute atomic E-state index is 12.2. The summed E-state index contributed by atoms with van der Waals surface area (Å²) in [5.41, 5.74) is 1.32. The Bertz CT molecular complexity index is 922. The molecule has 122 valence electrons. The number of anilines is 1. The second-order valence-electron chi connectivity index (χ2n) is 5.35. The van der Waals surface area contributed by atoms with Crippen molar-refractivity contribution in [1.82, 2.24) is 9.78 Å². The minimum absolute atomic E-state index is 0.0196. The van der Waals surface area contributed by atoms with Crippen molar-refractivity contribution in [2.24, 2.45) is 0 Å². The Hall–Kier alpha value is -3.27. The van der Waals surface area contributed by atoms with E-state index in [1.54, 1.807) is 38.1 Å². The molecule has 1 heterocycles. The Balaban J connectivity index is 2.24. The predicted molar refractivity (Wildman–Crippen MR) is 87.8 cm³/mol. The monoisotopic (exact) mass is 324 g/mol. The molecule has 0 saturated carbocycles. The Kier molecular flexibility index (Phi) is 4.90. The van der Waals surface area contributed by atoms with Crippen molar-refractivity contribution >= 4 is 17.4 Å². The van der Waals surface area contributed by atoms with Gasteiger partial charge in [-0.05, 0) is 38.5 Å². The van der Waals surface area contributed by atoms with Gasteiger partial charge in [0.2, 0.25) is 5.91 Å². The molecule has 0 bridgehead atoms. The number of carbonyl (C=O) groups excluding carboxylic acids is 2. The first-order valence-electron chi connectivity index (χ1n) is 7.22. The fraction of sp³-hybridized carbons (Fsp3) is 0.235. The van der Waals surface area contributed by atoms with Gasteiger partial charge in [-0.15, -0.1) is 0 Å². The first-order valence-corrected chi connectivity index (χ1v) is 7.22. The Labute approximate surface area is 138 Å². The lowest BCUT2D eigenvalue weighted by molar-refractivity contribution is -0.117. The summed E-state index contributed by atoms with van der Waals surface area (Å²) in [6.07, 6.45) is 0. The number of amides is 1. The molecule has 0 radical (unpaired) electrons. The zero-order valence-electron chi connectivity index (χ0n) is 13.6. The number of hydrogen-bond donors (Lipinski definition) is 1. The van der Waals surface area contributed by atoms with Crippen LogP contribution in [0, 0.1) is 25.2 Å². The maximum atomic E-state index is 12.2. The molecule has 0 saturated heterocycles. The SMILES string of the molecule is CC(=O)c1cccc(NC(=O)Cn2nc(C)c(C)c(C#N)c2=O)c1. The van der Waals surface area contributed by atoms with E-state index in [0.29, 0.717) is 22.5 Å². The van der Waals surface area contributed by atoms with Crippen LogP contribution in [-0.2, 0) is 11.3 Å². The van der Waals surface area contributed by atoms with E-state index in [1.165, 1.54) is 6.92 Å². The van der Waals surface area contributed by atoms with Crippen LogP contribution in [0.5, 0.6) is 0 Å². The Morgan fingerprint density at radius 3 is 2.67 bits per heavy atom. The number of aryl methyl sites for hydroxylation is 1. The van der Waals surface area contributed by atoms with E-state index < -0.39 is 11.5 Å². The smallest absolute Gasteiger partial charge is 0.285 e. The van der Waals surface area contributed by atoms with Crippen molar-refractivity contribution in [2.45, 2.75) is 27.3 Å². The van der Waals surface area contributed by atoms with Crippen LogP contribution in [0.3, 0.4) is 0 Å². The average molecular weight is 324 g/mol. The average Bonchev–Trinajstić information content (AvgIpc) is 2.53. The van der Waals surface area contributed by atoms with E-state index in [1.807, 2.05) is 6.07 Å². The molecular weight excluding hydrogens is 308 g/mol. The van der Waals surface area contributed by atoms with Crippen molar-refractivity contribution in [3.63, 3.8) is 0 Å². The first-order chi connectivity index (χ1) is 11.3. The summed E-state index contributed by atoms with van der Waals surface area (Å²) in [4.78, 5) is 35.7. The summed E-state index contributed by atoms with van der Waals surface area (Å²) in [7, 11) is 0. The summed E-state index contributed by atoms with van der Waals surface area (Å²) in [6.45, 7) is 4.42. The first kappa shape index (κ1) is 17.1. The molecule has 0 fully saturated rings. The van der Waals surface area contributed by atoms with Crippen molar-refractivity contribution in [1.29, 1.82) is 5.26 Å². The quantitative estimate of drug-likeness (QED) is 0.860. The van der Waals surface area contributed by atoms with Gasteiger partial charge in [-0.3, -0.25) is 14.4 Å². The standard InChI is InChI=1S/C17H16N4O3/c1-10-11(2)20-21(17(24)15(10)8-18)9-16(23)19-14-6-4-5-13(7-14)12(3)22/h4-7H,9H2,1-3H3,(H,19,23). The summed E-state index contributed by atoms with van der Waals surface area (Å²) >= 11 is 0. The second-order valence-corrected chi connectivity index (χ2v) is 5.35. The summed E-state index contributed by atoms with van der Waals surface area (Å²) in [6, 6.07) is 8.34. The molecule has 0 atom stereocenters. The van der Waals surface area contributed by atoms with Gasteiger partial charge in [0, 0.05) is 11.3 Å². The van der Waals surface area contributed by atoms with Crippen molar-refractivity contribution in [2.75, 3.05) is 5.32 Å². The number of benzene rings is 1. The summed E-state index contributed by atoms with van der Waals surface area (Å²) < 4.78 is 0.963. The number of nitrogens with zero attached hydrogens (tertiary/aromatic N) is 3. The molecule has 24 heavy (non-hydrogen) atoms. The number of nitrogens with one attached hydrogen (secondary N) is 1. The van der Waals surface area contributed by atoms with Gasteiger partial charge < -0.3 is 5.32 Å². The highest BCUT2D eigenvalue weighted by Crippen LogP contribution is 2.11. The molecular formula is C17H16N4O3. The molecule has 2 aromatic rings. The topological polar surface area (TPSA) is 105 Å². The minimum Gasteiger partial charge on any atom is -0.324 e. The molecule has 0 aliphatic carbocycles. The van der Waals surface area contributed by atoms with Crippen LogP contribution in [0.1, 0.15) is 34.1 Å². The number of aromatic nitrogens is 2. The summed E-state index contributed by atoms with van der Waals surface area (Å²) in [5, 5.41) is 15.7. The molecule has 1 aromatic carbocycles. The second kappa shape index (κ2) is 6.87. The number of rotatable bonds is 4. The van der Waals surface area contributed by atoms with Crippen molar-refractivity contribution in [3.8, 4) is 6.07 Å². The fourth-order valence-electron chi connectivity index (χ4n) is 2.16. The van der Waals surface area contributed by atoms with Crippen LogP contribution < -0.4 is 10.9 Å². The third kappa shape index (κ3) is 3.55. The fourth-order valence-corrected chi connectivity index (χ4v) is 2.16. The lowest BCUT2D eigenvalue weighted by Gasteiger charge is -2.10. The molecule has 7 heteroatoms. The highest BCUT2D eigenvalue weighted by atomic mass is 16.2. The maximum Gasteiger partial charge on any atom is 0.285 e. The van der Waals surface area contributed by atoms with Gasteiger partial charge in [-0.2, -0.15) is 10.4 Å². The van der Waals surface area contributed by atoms with E-state index in [9.17, 15) is 14.4 Å². The zero-order valence-corrected chi connectivity index (χ0v) is 13.6. The van der Waals surface area contributed by atoms with Gasteiger partial charge in [0.05, 0.1) is 5.69 Å². The van der Waals surface area contributed by atoms with Gasteiger partial charge in [-0.1, -0.05) is 12.1 Å². The normalized spacial score (nSPS) is 10.1. The molecule has 7 nitrogen and oxygen atoms in total. The minimum atomic E-state index is -0.603. The number of nitriles is 1. The Morgan fingerprint density at radius 2 is 2.04 bits per heavy atom. The van der Waals surface area contributed by atoms with Crippen LogP contribution in [0.15, 0.2) is 29.1 Å². The van der Waals surface area contributed by atoms with E-state index in [4.69, 9.17) is 5.26 Å². The lowest BCUT2D eigenvalue weighted by Crippen LogP contribution is -2.32. The van der Waals surface area contributed by atoms with E-state index >= 15 is 0 Å². The summed E-state index contributed by atoms with van der Waals surface area (Å²) in [5.74, 6) is -0.589. The number of ketones is 1. The largest absolute Gasteiger partial charge is 0.324 e. The molecule has 1 aromatic heterocycles. The van der Waals surface area contributed by atoms with Gasteiger partial charge in [0.25, 0.3) is 5.56 Å². The van der Waals surface area contributed by atoms with Crippen LogP contribution in [0.25, 0.3) is 0 Å². The van der Waals surface area contributed by atoms with Crippen LogP contribution in [0.4, 0.5) is 5.69 Å². The molecule has 0 aliphatic heterocycles. The lowest BCUT2D eigenvalue weighted by atomic mass is 10.1. The molecule has 0 aliphatic rings. The Morgan fingerprint density at radius 1 is 1.33 bits per heavy atom. The molecule has 0 unspecified atom stereocenters. The van der Waals surface area contributed by atoms with E-state index in [0.717, 1.165) is 4.68 Å². The van der Waals surface area contributed by atoms with Crippen LogP contribution in [-0.4, -0.2) is 21.5 Å². The van der Waals surface area contributed by atoms with E-state index in [-0.39, 0.29) is 17.9 Å². The van der Waals surface area contributed by atoms with Gasteiger partial charge in [-0.25, -0.2) is 4.68 Å². The van der Waals surface area contributed by atoms with E-state index in [2.05, 4.69) is 10.4 Å². The number of Topliss-reactive ketones (excluding diaryl/α,β-unsaturated/α-hetero) is 1. The molecule has 0 spiro atoms. The van der Waals surface area contributed by atoms with Crippen molar-refractivity contribution < 1.29 is 9.59 Å². The van der Waals surface area contributed by atoms with Gasteiger partial charge in [0.15, 0.2) is 5.78 Å². The molecule has 1 N–H and O–H groups in total. The zero-order chi connectivity index (χ0) is 17.9. The highest BCUT2D eigenvalue weighted by Gasteiger charge is 2.14. The molecule has 2 rings (SSSR count). The van der Waals surface area contributed by atoms with Crippen LogP contribution >= 0.6 is 0 Å². The van der Waals surface area contributed by atoms with Gasteiger partial charge >= 0.3 is 0 Å². The third-order valence-corrected chi connectivity index (χ3v) is 3.59. The predicted octanol–water partition coefficient (Wildman–Crippen LogP) is 1.57. The number of hydrogen-bond acceptors (Lipinski definition) is 5. The third-order valence-electron chi connectivity index (χ3n) is 3.59. The molecule has 1 amide bonds.